The van der Waals surface area contributed by atoms with E-state index in [0.717, 1.165) is 5.56 Å². The van der Waals surface area contributed by atoms with Crippen LogP contribution in [0.5, 0.6) is 0 Å². The molecule has 6 heteroatoms. The Morgan fingerprint density at radius 3 is 2.27 bits per heavy atom. The maximum absolute atomic E-state index is 12.0. The lowest BCUT2D eigenvalue weighted by Gasteiger charge is -2.20. The Labute approximate surface area is 135 Å². The van der Waals surface area contributed by atoms with Crippen LogP contribution in [0.25, 0.3) is 0 Å². The van der Waals surface area contributed by atoms with Crippen LogP contribution in [-0.2, 0) is 6.54 Å². The maximum atomic E-state index is 12.0. The molecule has 1 amide bonds. The standard InChI is InChI=1S/C16H19ClN4O/c1-16(2,3)21-14(22)12-9-19-15(20-10-12)18-8-11-4-6-13(17)7-5-11/h4-7,9-10H,8H2,1-3H3,(H,21,22)(H,18,19,20). The highest BCUT2D eigenvalue weighted by atomic mass is 35.5. The maximum Gasteiger partial charge on any atom is 0.254 e. The first-order valence-electron chi connectivity index (χ1n) is 6.96. The summed E-state index contributed by atoms with van der Waals surface area (Å²) in [5.74, 6) is 0.291. The van der Waals surface area contributed by atoms with Crippen molar-refractivity contribution in [3.05, 3.63) is 52.8 Å². The third kappa shape index (κ3) is 5.00. The molecule has 1 aromatic carbocycles. The van der Waals surface area contributed by atoms with Crippen LogP contribution in [0, 0.1) is 0 Å². The summed E-state index contributed by atoms with van der Waals surface area (Å²) < 4.78 is 0. The number of nitrogens with zero attached hydrogens (tertiary/aromatic N) is 2. The Balaban J connectivity index is 1.94. The van der Waals surface area contributed by atoms with Crippen LogP contribution in [0.4, 0.5) is 5.95 Å². The van der Waals surface area contributed by atoms with Crippen LogP contribution in [-0.4, -0.2) is 21.4 Å². The summed E-state index contributed by atoms with van der Waals surface area (Å²) in [4.78, 5) is 20.3. The average Bonchev–Trinajstić information content (AvgIpc) is 2.45. The van der Waals surface area contributed by atoms with E-state index in [1.165, 1.54) is 12.4 Å². The molecule has 2 N–H and O–H groups in total. The van der Waals surface area contributed by atoms with Gasteiger partial charge in [0.15, 0.2) is 0 Å². The molecule has 5 nitrogen and oxygen atoms in total. The molecular formula is C16H19ClN4O. The predicted octanol–water partition coefficient (Wildman–Crippen LogP) is 3.27. The second kappa shape index (κ2) is 6.75. The van der Waals surface area contributed by atoms with Crippen LogP contribution >= 0.6 is 11.6 Å². The minimum absolute atomic E-state index is 0.184. The molecule has 0 fully saturated rings. The van der Waals surface area contributed by atoms with Crippen molar-refractivity contribution in [3.63, 3.8) is 0 Å². The fourth-order valence-electron chi connectivity index (χ4n) is 1.73. The molecule has 0 saturated carbocycles. The van der Waals surface area contributed by atoms with E-state index in [0.29, 0.717) is 23.1 Å². The van der Waals surface area contributed by atoms with Crippen molar-refractivity contribution in [2.75, 3.05) is 5.32 Å². The molecule has 0 bridgehead atoms. The molecule has 1 aromatic heterocycles. The van der Waals surface area contributed by atoms with Crippen molar-refractivity contribution < 1.29 is 4.79 Å². The molecule has 22 heavy (non-hydrogen) atoms. The topological polar surface area (TPSA) is 66.9 Å². The van der Waals surface area contributed by atoms with E-state index in [4.69, 9.17) is 11.6 Å². The molecule has 2 rings (SSSR count). The lowest BCUT2D eigenvalue weighted by Crippen LogP contribution is -2.40. The summed E-state index contributed by atoms with van der Waals surface area (Å²) in [5.41, 5.74) is 1.22. The number of benzene rings is 1. The van der Waals surface area contributed by atoms with Gasteiger partial charge in [0, 0.05) is 29.5 Å². The van der Waals surface area contributed by atoms with Gasteiger partial charge in [-0.15, -0.1) is 0 Å². The third-order valence-corrected chi connectivity index (χ3v) is 3.02. The number of halogens is 1. The summed E-state index contributed by atoms with van der Waals surface area (Å²) in [5, 5.41) is 6.67. The number of hydrogen-bond acceptors (Lipinski definition) is 4. The minimum Gasteiger partial charge on any atom is -0.350 e. The molecule has 1 heterocycles. The summed E-state index contributed by atoms with van der Waals surface area (Å²) in [7, 11) is 0. The van der Waals surface area contributed by atoms with Gasteiger partial charge >= 0.3 is 0 Å². The number of rotatable bonds is 4. The SMILES string of the molecule is CC(C)(C)NC(=O)c1cnc(NCc2ccc(Cl)cc2)nc1. The van der Waals surface area contributed by atoms with E-state index < -0.39 is 0 Å². The minimum atomic E-state index is -0.289. The normalized spacial score (nSPS) is 11.1. The zero-order chi connectivity index (χ0) is 16.2. The van der Waals surface area contributed by atoms with Crippen molar-refractivity contribution in [2.24, 2.45) is 0 Å². The third-order valence-electron chi connectivity index (χ3n) is 2.77. The first-order valence-corrected chi connectivity index (χ1v) is 7.34. The lowest BCUT2D eigenvalue weighted by atomic mass is 10.1. The van der Waals surface area contributed by atoms with Gasteiger partial charge in [-0.1, -0.05) is 23.7 Å². The second-order valence-electron chi connectivity index (χ2n) is 5.98. The monoisotopic (exact) mass is 318 g/mol. The van der Waals surface area contributed by atoms with Gasteiger partial charge in [-0.25, -0.2) is 9.97 Å². The van der Waals surface area contributed by atoms with Crippen molar-refractivity contribution in [2.45, 2.75) is 32.9 Å². The first kappa shape index (κ1) is 16.2. The predicted molar refractivity (Wildman–Crippen MR) is 88.0 cm³/mol. The fourth-order valence-corrected chi connectivity index (χ4v) is 1.86. The van der Waals surface area contributed by atoms with Crippen LogP contribution in [0.1, 0.15) is 36.7 Å². The van der Waals surface area contributed by atoms with E-state index in [1.54, 1.807) is 0 Å². The highest BCUT2D eigenvalue weighted by molar-refractivity contribution is 6.30. The molecule has 116 valence electrons. The van der Waals surface area contributed by atoms with Gasteiger partial charge in [0.1, 0.15) is 0 Å². The van der Waals surface area contributed by atoms with Crippen LogP contribution in [0.2, 0.25) is 5.02 Å². The van der Waals surface area contributed by atoms with Gasteiger partial charge in [0.2, 0.25) is 5.95 Å². The lowest BCUT2D eigenvalue weighted by molar-refractivity contribution is 0.0919. The van der Waals surface area contributed by atoms with E-state index >= 15 is 0 Å². The Kier molecular flexibility index (Phi) is 4.98. The van der Waals surface area contributed by atoms with Gasteiger partial charge in [-0.2, -0.15) is 0 Å². The van der Waals surface area contributed by atoms with Crippen LogP contribution < -0.4 is 10.6 Å². The van der Waals surface area contributed by atoms with E-state index in [1.807, 2.05) is 45.0 Å². The number of amides is 1. The number of hydrogen-bond donors (Lipinski definition) is 2. The zero-order valence-corrected chi connectivity index (χ0v) is 13.6. The smallest absolute Gasteiger partial charge is 0.254 e. The average molecular weight is 319 g/mol. The Morgan fingerprint density at radius 2 is 1.73 bits per heavy atom. The quantitative estimate of drug-likeness (QED) is 0.908. The number of aromatic nitrogens is 2. The van der Waals surface area contributed by atoms with Crippen molar-refractivity contribution >= 4 is 23.5 Å². The zero-order valence-electron chi connectivity index (χ0n) is 12.9. The summed E-state index contributed by atoms with van der Waals surface area (Å²) in [6.45, 7) is 6.36. The van der Waals surface area contributed by atoms with Gasteiger partial charge in [0.05, 0.1) is 5.56 Å². The molecule has 0 saturated heterocycles. The Morgan fingerprint density at radius 1 is 1.14 bits per heavy atom. The molecule has 0 aliphatic carbocycles. The van der Waals surface area contributed by atoms with Gasteiger partial charge in [-0.05, 0) is 38.5 Å². The fraction of sp³-hybridized carbons (Fsp3) is 0.312. The highest BCUT2D eigenvalue weighted by Crippen LogP contribution is 2.11. The molecule has 0 radical (unpaired) electrons. The van der Waals surface area contributed by atoms with Gasteiger partial charge < -0.3 is 10.6 Å². The van der Waals surface area contributed by atoms with E-state index in [-0.39, 0.29) is 11.4 Å². The molecule has 0 aliphatic rings. The molecular weight excluding hydrogens is 300 g/mol. The van der Waals surface area contributed by atoms with Gasteiger partial charge in [0.25, 0.3) is 5.91 Å². The van der Waals surface area contributed by atoms with E-state index in [2.05, 4.69) is 20.6 Å². The summed E-state index contributed by atoms with van der Waals surface area (Å²) >= 11 is 5.84. The molecule has 0 atom stereocenters. The largest absolute Gasteiger partial charge is 0.350 e. The Hall–Kier alpha value is -2.14. The van der Waals surface area contributed by atoms with Gasteiger partial charge in [-0.3, -0.25) is 4.79 Å². The number of nitrogens with one attached hydrogen (secondary N) is 2. The molecule has 0 unspecified atom stereocenters. The molecule has 0 aliphatic heterocycles. The van der Waals surface area contributed by atoms with Crippen LogP contribution in [0.3, 0.4) is 0 Å². The summed E-state index contributed by atoms with van der Waals surface area (Å²) in [6.07, 6.45) is 3.02. The highest BCUT2D eigenvalue weighted by Gasteiger charge is 2.15. The molecule has 2 aromatic rings. The van der Waals surface area contributed by atoms with Crippen molar-refractivity contribution in [3.8, 4) is 0 Å². The first-order chi connectivity index (χ1) is 10.3. The Bertz CT molecular complexity index is 633. The van der Waals surface area contributed by atoms with Crippen LogP contribution in [0.15, 0.2) is 36.7 Å². The van der Waals surface area contributed by atoms with Crippen molar-refractivity contribution in [1.29, 1.82) is 0 Å². The number of anilines is 1. The number of carbonyl (C=O) groups excluding carboxylic acids is 1. The van der Waals surface area contributed by atoms with Crippen molar-refractivity contribution in [1.82, 2.24) is 15.3 Å². The summed E-state index contributed by atoms with van der Waals surface area (Å²) in [6, 6.07) is 7.53. The molecule has 0 spiro atoms. The van der Waals surface area contributed by atoms with E-state index in [9.17, 15) is 4.79 Å². The number of carbonyl (C=O) groups is 1. The second-order valence-corrected chi connectivity index (χ2v) is 6.42.